The van der Waals surface area contributed by atoms with Crippen LogP contribution in [0.15, 0.2) is 4.99 Å². The molecule has 1 unspecified atom stereocenters. The zero-order valence-corrected chi connectivity index (χ0v) is 17.3. The number of hydrogen-bond acceptors (Lipinski definition) is 3. The minimum absolute atomic E-state index is 0. The van der Waals surface area contributed by atoms with E-state index in [1.807, 2.05) is 0 Å². The Balaban J connectivity index is 0.00000242. The molecule has 0 aromatic carbocycles. The Morgan fingerprint density at radius 1 is 1.18 bits per heavy atom. The minimum atomic E-state index is 0. The smallest absolute Gasteiger partial charge is 0.191 e. The fourth-order valence-electron chi connectivity index (χ4n) is 3.07. The summed E-state index contributed by atoms with van der Waals surface area (Å²) in [5.74, 6) is 2.29. The van der Waals surface area contributed by atoms with Crippen LogP contribution in [0.5, 0.6) is 0 Å². The molecule has 2 heterocycles. The number of thioether (sulfide) groups is 1. The van der Waals surface area contributed by atoms with Gasteiger partial charge in [-0.05, 0) is 58.4 Å². The van der Waals surface area contributed by atoms with Crippen LogP contribution in [0.2, 0.25) is 0 Å². The third-order valence-electron chi connectivity index (χ3n) is 4.39. The highest BCUT2D eigenvalue weighted by Crippen LogP contribution is 2.37. The topological polar surface area (TPSA) is 39.7 Å². The summed E-state index contributed by atoms with van der Waals surface area (Å²) in [6, 6.07) is 0. The summed E-state index contributed by atoms with van der Waals surface area (Å²) in [6.45, 7) is 11.0. The highest BCUT2D eigenvalue weighted by Gasteiger charge is 2.29. The van der Waals surface area contributed by atoms with Crippen LogP contribution in [0.4, 0.5) is 0 Å². The molecule has 2 saturated heterocycles. The maximum atomic E-state index is 4.80. The van der Waals surface area contributed by atoms with E-state index in [9.17, 15) is 0 Å². The van der Waals surface area contributed by atoms with Crippen molar-refractivity contribution in [3.63, 3.8) is 0 Å². The zero-order chi connectivity index (χ0) is 15.0. The van der Waals surface area contributed by atoms with E-state index >= 15 is 0 Å². The second kappa shape index (κ2) is 11.0. The van der Waals surface area contributed by atoms with Gasteiger partial charge in [0.15, 0.2) is 5.96 Å². The third kappa shape index (κ3) is 7.25. The van der Waals surface area contributed by atoms with Gasteiger partial charge in [0.05, 0.1) is 6.54 Å². The SMILES string of the molecule is CCNC(=NCC1(C)CCCS1)NCCN1CCCCC1.I. The summed E-state index contributed by atoms with van der Waals surface area (Å²) in [6.07, 6.45) is 6.78. The normalized spacial score (nSPS) is 26.5. The lowest BCUT2D eigenvalue weighted by Crippen LogP contribution is -2.43. The molecular weight excluding hydrogens is 407 g/mol. The lowest BCUT2D eigenvalue weighted by Gasteiger charge is -2.27. The highest BCUT2D eigenvalue weighted by atomic mass is 127. The van der Waals surface area contributed by atoms with Crippen LogP contribution in [0.1, 0.15) is 46.0 Å². The quantitative estimate of drug-likeness (QED) is 0.379. The molecule has 6 heteroatoms. The molecule has 0 aromatic heterocycles. The fourth-order valence-corrected chi connectivity index (χ4v) is 4.29. The first-order chi connectivity index (χ1) is 10.2. The second-order valence-electron chi connectivity index (χ2n) is 6.43. The van der Waals surface area contributed by atoms with Crippen LogP contribution in [-0.2, 0) is 0 Å². The van der Waals surface area contributed by atoms with Gasteiger partial charge in [0.1, 0.15) is 0 Å². The summed E-state index contributed by atoms with van der Waals surface area (Å²) in [7, 11) is 0. The highest BCUT2D eigenvalue weighted by molar-refractivity contribution is 14.0. The van der Waals surface area contributed by atoms with Crippen molar-refractivity contribution in [2.75, 3.05) is 45.0 Å². The van der Waals surface area contributed by atoms with Crippen molar-refractivity contribution in [1.29, 1.82) is 0 Å². The largest absolute Gasteiger partial charge is 0.357 e. The Hall–Kier alpha value is 0.310. The first-order valence-electron chi connectivity index (χ1n) is 8.60. The van der Waals surface area contributed by atoms with Crippen LogP contribution in [-0.4, -0.2) is 60.6 Å². The van der Waals surface area contributed by atoms with E-state index in [0.717, 1.165) is 32.1 Å². The molecule has 22 heavy (non-hydrogen) atoms. The molecule has 0 bridgehead atoms. The van der Waals surface area contributed by atoms with Gasteiger partial charge in [0.2, 0.25) is 0 Å². The lowest BCUT2D eigenvalue weighted by molar-refractivity contribution is 0.232. The van der Waals surface area contributed by atoms with E-state index in [4.69, 9.17) is 4.99 Å². The monoisotopic (exact) mass is 440 g/mol. The number of likely N-dealkylation sites (tertiary alicyclic amines) is 1. The number of piperidine rings is 1. The maximum Gasteiger partial charge on any atom is 0.191 e. The second-order valence-corrected chi connectivity index (χ2v) is 8.11. The first kappa shape index (κ1) is 20.4. The number of hydrogen-bond donors (Lipinski definition) is 2. The van der Waals surface area contributed by atoms with Gasteiger partial charge in [-0.1, -0.05) is 6.42 Å². The van der Waals surface area contributed by atoms with Gasteiger partial charge < -0.3 is 15.5 Å². The van der Waals surface area contributed by atoms with Crippen molar-refractivity contribution >= 4 is 41.7 Å². The Morgan fingerprint density at radius 2 is 1.95 bits per heavy atom. The Kier molecular flexibility index (Phi) is 10.1. The Morgan fingerprint density at radius 3 is 2.59 bits per heavy atom. The van der Waals surface area contributed by atoms with Crippen molar-refractivity contribution < 1.29 is 0 Å². The molecule has 130 valence electrons. The van der Waals surface area contributed by atoms with Gasteiger partial charge in [0.25, 0.3) is 0 Å². The van der Waals surface area contributed by atoms with Crippen LogP contribution < -0.4 is 10.6 Å². The molecule has 1 atom stereocenters. The van der Waals surface area contributed by atoms with E-state index in [-0.39, 0.29) is 24.0 Å². The summed E-state index contributed by atoms with van der Waals surface area (Å²) < 4.78 is 0.356. The van der Waals surface area contributed by atoms with Gasteiger partial charge in [-0.3, -0.25) is 4.99 Å². The summed E-state index contributed by atoms with van der Waals surface area (Å²) in [5.41, 5.74) is 0. The van der Waals surface area contributed by atoms with E-state index in [1.165, 1.54) is 50.9 Å². The van der Waals surface area contributed by atoms with Gasteiger partial charge in [-0.25, -0.2) is 0 Å². The molecule has 0 saturated carbocycles. The van der Waals surface area contributed by atoms with Crippen molar-refractivity contribution in [3.05, 3.63) is 0 Å². The first-order valence-corrected chi connectivity index (χ1v) is 9.59. The van der Waals surface area contributed by atoms with Crippen molar-refractivity contribution in [2.24, 2.45) is 4.99 Å². The molecule has 2 fully saturated rings. The molecular formula is C16H33IN4S. The molecule has 4 nitrogen and oxygen atoms in total. The number of halogens is 1. The molecule has 0 aromatic rings. The fraction of sp³-hybridized carbons (Fsp3) is 0.938. The van der Waals surface area contributed by atoms with E-state index < -0.39 is 0 Å². The van der Waals surface area contributed by atoms with E-state index in [0.29, 0.717) is 4.75 Å². The van der Waals surface area contributed by atoms with Crippen LogP contribution in [0.25, 0.3) is 0 Å². The van der Waals surface area contributed by atoms with Crippen molar-refractivity contribution in [2.45, 2.75) is 50.7 Å². The van der Waals surface area contributed by atoms with Crippen LogP contribution >= 0.6 is 35.7 Å². The van der Waals surface area contributed by atoms with Gasteiger partial charge >= 0.3 is 0 Å². The average molecular weight is 440 g/mol. The average Bonchev–Trinajstić information content (AvgIpc) is 2.93. The molecule has 0 amide bonds. The molecule has 2 rings (SSSR count). The standard InChI is InChI=1S/C16H32N4S.HI/c1-3-17-15(19-14-16(2)8-7-13-21-16)18-9-12-20-10-5-4-6-11-20;/h3-14H2,1-2H3,(H2,17,18,19);1H. The number of aliphatic imine (C=N–C) groups is 1. The molecule has 0 spiro atoms. The van der Waals surface area contributed by atoms with Crippen molar-refractivity contribution in [3.8, 4) is 0 Å². The zero-order valence-electron chi connectivity index (χ0n) is 14.2. The molecule has 0 aliphatic carbocycles. The summed E-state index contributed by atoms with van der Waals surface area (Å²) in [4.78, 5) is 7.37. The predicted octanol–water partition coefficient (Wildman–Crippen LogP) is 2.93. The predicted molar refractivity (Wildman–Crippen MR) is 110 cm³/mol. The van der Waals surface area contributed by atoms with Gasteiger partial charge in [0, 0.05) is 24.4 Å². The molecule has 2 aliphatic rings. The molecule has 2 N–H and O–H groups in total. The minimum Gasteiger partial charge on any atom is -0.357 e. The summed E-state index contributed by atoms with van der Waals surface area (Å²) >= 11 is 2.08. The number of guanidine groups is 1. The van der Waals surface area contributed by atoms with Crippen LogP contribution in [0, 0.1) is 0 Å². The van der Waals surface area contributed by atoms with Crippen LogP contribution in [0.3, 0.4) is 0 Å². The third-order valence-corrected chi connectivity index (χ3v) is 5.91. The van der Waals surface area contributed by atoms with Gasteiger partial charge in [-0.2, -0.15) is 11.8 Å². The number of rotatable bonds is 6. The lowest BCUT2D eigenvalue weighted by atomic mass is 10.1. The van der Waals surface area contributed by atoms with Gasteiger partial charge in [-0.15, -0.1) is 24.0 Å². The number of nitrogens with zero attached hydrogens (tertiary/aromatic N) is 2. The van der Waals surface area contributed by atoms with E-state index in [2.05, 4.69) is 41.1 Å². The summed E-state index contributed by atoms with van der Waals surface area (Å²) in [5, 5.41) is 6.87. The maximum absolute atomic E-state index is 4.80. The molecule has 2 aliphatic heterocycles. The van der Waals surface area contributed by atoms with E-state index in [1.54, 1.807) is 0 Å². The number of nitrogens with one attached hydrogen (secondary N) is 2. The van der Waals surface area contributed by atoms with Crippen molar-refractivity contribution in [1.82, 2.24) is 15.5 Å². The Bertz CT molecular complexity index is 326. The Labute approximate surface area is 157 Å². The molecule has 0 radical (unpaired) electrons.